The highest BCUT2D eigenvalue weighted by Crippen LogP contribution is 2.46. The van der Waals surface area contributed by atoms with Crippen molar-refractivity contribution < 1.29 is 9.53 Å². The van der Waals surface area contributed by atoms with Gasteiger partial charge < -0.3 is 4.74 Å². The van der Waals surface area contributed by atoms with Gasteiger partial charge in [0, 0.05) is 13.1 Å². The molecule has 2 atom stereocenters. The number of esters is 1. The summed E-state index contributed by atoms with van der Waals surface area (Å²) in [6, 6.07) is 16.8. The molecule has 2 unspecified atom stereocenters. The number of hydrogen-bond donors (Lipinski definition) is 0. The molecule has 3 nitrogen and oxygen atoms in total. The van der Waals surface area contributed by atoms with E-state index >= 15 is 0 Å². The van der Waals surface area contributed by atoms with Crippen molar-refractivity contribution in [3.8, 4) is 0 Å². The number of nitrogens with zero attached hydrogens (tertiary/aromatic N) is 1. The molecule has 0 saturated carbocycles. The van der Waals surface area contributed by atoms with Gasteiger partial charge in [-0.05, 0) is 28.7 Å². The monoisotopic (exact) mass is 293 g/mol. The zero-order valence-corrected chi connectivity index (χ0v) is 12.7. The van der Waals surface area contributed by atoms with Crippen molar-refractivity contribution in [2.45, 2.75) is 24.9 Å². The Morgan fingerprint density at radius 2 is 1.73 bits per heavy atom. The molecule has 2 heterocycles. The summed E-state index contributed by atoms with van der Waals surface area (Å²) in [5.74, 6) is -0.379. The Kier molecular flexibility index (Phi) is 3.23. The number of carbonyl (C=O) groups excluding carboxylic acids is 1. The fraction of sp³-hybridized carbons (Fsp3) is 0.316. The Labute approximate surface area is 130 Å². The molecule has 0 radical (unpaired) electrons. The largest absolute Gasteiger partial charge is 0.468 e. The van der Waals surface area contributed by atoms with E-state index in [1.807, 2.05) is 12.1 Å². The lowest BCUT2D eigenvalue weighted by atomic mass is 9.76. The van der Waals surface area contributed by atoms with Crippen molar-refractivity contribution in [2.24, 2.45) is 0 Å². The van der Waals surface area contributed by atoms with Crippen LogP contribution in [0.2, 0.25) is 0 Å². The van der Waals surface area contributed by atoms with Crippen LogP contribution in [0.1, 0.15) is 34.2 Å². The van der Waals surface area contributed by atoms with Crippen LogP contribution in [-0.2, 0) is 22.5 Å². The fourth-order valence-corrected chi connectivity index (χ4v) is 3.97. The number of fused-ring (bicyclic) bond motifs is 4. The molecule has 0 aliphatic carbocycles. The number of rotatable bonds is 1. The van der Waals surface area contributed by atoms with Gasteiger partial charge >= 0.3 is 5.97 Å². The van der Waals surface area contributed by atoms with Crippen LogP contribution in [0.3, 0.4) is 0 Å². The van der Waals surface area contributed by atoms with Gasteiger partial charge in [0.1, 0.15) is 5.92 Å². The first-order chi connectivity index (χ1) is 10.8. The number of methoxy groups -OCH3 is 1. The summed E-state index contributed by atoms with van der Waals surface area (Å²) in [4.78, 5) is 15.0. The molecule has 4 rings (SSSR count). The maximum Gasteiger partial charge on any atom is 0.315 e. The third-order valence-corrected chi connectivity index (χ3v) is 4.97. The molecule has 112 valence electrons. The highest BCUT2D eigenvalue weighted by molar-refractivity contribution is 5.80. The van der Waals surface area contributed by atoms with Crippen molar-refractivity contribution in [3.05, 3.63) is 70.8 Å². The molecule has 0 aromatic heterocycles. The highest BCUT2D eigenvalue weighted by Gasteiger charge is 2.43. The molecule has 0 N–H and O–H groups in total. The minimum absolute atomic E-state index is 0.0901. The molecule has 3 heteroatoms. The normalized spacial score (nSPS) is 23.1. The summed E-state index contributed by atoms with van der Waals surface area (Å²) in [6.07, 6.45) is 1.04. The van der Waals surface area contributed by atoms with Gasteiger partial charge in [-0.3, -0.25) is 9.69 Å². The third kappa shape index (κ3) is 1.97. The molecule has 22 heavy (non-hydrogen) atoms. The summed E-state index contributed by atoms with van der Waals surface area (Å²) in [6.45, 7) is 1.90. The highest BCUT2D eigenvalue weighted by atomic mass is 16.5. The third-order valence-electron chi connectivity index (χ3n) is 4.97. The molecule has 0 amide bonds. The minimum atomic E-state index is -0.239. The van der Waals surface area contributed by atoms with Gasteiger partial charge in [0.25, 0.3) is 0 Å². The first-order valence-corrected chi connectivity index (χ1v) is 7.77. The molecular weight excluding hydrogens is 274 g/mol. The standard InChI is InChI=1S/C19H19NO2/c1-22-19(21)17-15-8-4-3-7-14(15)12-20-11-10-13-6-2-5-9-16(13)18(17)20/h2-9,17-18H,10-12H2,1H3. The van der Waals surface area contributed by atoms with E-state index in [1.165, 1.54) is 23.8 Å². The van der Waals surface area contributed by atoms with E-state index < -0.39 is 0 Å². The average Bonchev–Trinajstić information content (AvgIpc) is 2.59. The van der Waals surface area contributed by atoms with Gasteiger partial charge in [-0.25, -0.2) is 0 Å². The van der Waals surface area contributed by atoms with Crippen molar-refractivity contribution in [3.63, 3.8) is 0 Å². The smallest absolute Gasteiger partial charge is 0.315 e. The average molecular weight is 293 g/mol. The summed E-state index contributed by atoms with van der Waals surface area (Å²) in [5.41, 5.74) is 5.00. The minimum Gasteiger partial charge on any atom is -0.468 e. The molecule has 2 aliphatic heterocycles. The Morgan fingerprint density at radius 1 is 1.05 bits per heavy atom. The Hall–Kier alpha value is -2.13. The molecule has 2 aromatic rings. The van der Waals surface area contributed by atoms with Gasteiger partial charge in [-0.1, -0.05) is 48.5 Å². The van der Waals surface area contributed by atoms with Crippen molar-refractivity contribution >= 4 is 5.97 Å². The predicted octanol–water partition coefficient (Wildman–Crippen LogP) is 3.06. The second kappa shape index (κ2) is 5.25. The zero-order chi connectivity index (χ0) is 15.1. The number of carbonyl (C=O) groups is 1. The molecule has 0 spiro atoms. The van der Waals surface area contributed by atoms with Crippen LogP contribution in [0.25, 0.3) is 0 Å². The van der Waals surface area contributed by atoms with Gasteiger partial charge in [0.15, 0.2) is 0 Å². The van der Waals surface area contributed by atoms with Crippen molar-refractivity contribution in [2.75, 3.05) is 13.7 Å². The van der Waals surface area contributed by atoms with E-state index in [0.717, 1.165) is 25.1 Å². The Balaban J connectivity index is 1.89. The summed E-state index contributed by atoms with van der Waals surface area (Å²) >= 11 is 0. The maximum atomic E-state index is 12.5. The van der Waals surface area contributed by atoms with E-state index in [-0.39, 0.29) is 17.9 Å². The second-order valence-electron chi connectivity index (χ2n) is 6.06. The van der Waals surface area contributed by atoms with Gasteiger partial charge in [-0.15, -0.1) is 0 Å². The fourth-order valence-electron chi connectivity index (χ4n) is 3.97. The SMILES string of the molecule is COC(=O)C1c2ccccc2CN2CCc3ccccc3C12. The van der Waals surface area contributed by atoms with E-state index in [0.29, 0.717) is 0 Å². The zero-order valence-electron chi connectivity index (χ0n) is 12.7. The number of hydrogen-bond acceptors (Lipinski definition) is 3. The number of ether oxygens (including phenoxy) is 1. The van der Waals surface area contributed by atoms with Crippen LogP contribution in [0, 0.1) is 0 Å². The van der Waals surface area contributed by atoms with E-state index in [1.54, 1.807) is 0 Å². The van der Waals surface area contributed by atoms with Crippen LogP contribution < -0.4 is 0 Å². The molecule has 2 aliphatic rings. The Morgan fingerprint density at radius 3 is 2.50 bits per heavy atom. The molecular formula is C19H19NO2. The molecule has 0 fully saturated rings. The van der Waals surface area contributed by atoms with Crippen molar-refractivity contribution in [1.29, 1.82) is 0 Å². The van der Waals surface area contributed by atoms with Crippen LogP contribution >= 0.6 is 0 Å². The van der Waals surface area contributed by atoms with Crippen LogP contribution in [0.4, 0.5) is 0 Å². The molecule has 0 bridgehead atoms. The lowest BCUT2D eigenvalue weighted by molar-refractivity contribution is -0.145. The molecule has 2 aromatic carbocycles. The van der Waals surface area contributed by atoms with Crippen LogP contribution in [0.15, 0.2) is 48.5 Å². The summed E-state index contributed by atoms with van der Waals surface area (Å²) in [5, 5.41) is 0. The lowest BCUT2D eigenvalue weighted by Gasteiger charge is -2.45. The summed E-state index contributed by atoms with van der Waals surface area (Å²) < 4.78 is 5.14. The predicted molar refractivity (Wildman–Crippen MR) is 84.5 cm³/mol. The number of benzene rings is 2. The lowest BCUT2D eigenvalue weighted by Crippen LogP contribution is -2.44. The van der Waals surface area contributed by atoms with E-state index in [9.17, 15) is 4.79 Å². The topological polar surface area (TPSA) is 29.5 Å². The van der Waals surface area contributed by atoms with Crippen LogP contribution in [0.5, 0.6) is 0 Å². The van der Waals surface area contributed by atoms with Gasteiger partial charge in [0.2, 0.25) is 0 Å². The first kappa shape index (κ1) is 13.5. The van der Waals surface area contributed by atoms with Crippen LogP contribution in [-0.4, -0.2) is 24.5 Å². The quantitative estimate of drug-likeness (QED) is 0.757. The van der Waals surface area contributed by atoms with E-state index in [2.05, 4.69) is 41.3 Å². The maximum absolute atomic E-state index is 12.5. The van der Waals surface area contributed by atoms with Gasteiger partial charge in [-0.2, -0.15) is 0 Å². The summed E-state index contributed by atoms with van der Waals surface area (Å²) in [7, 11) is 1.48. The second-order valence-corrected chi connectivity index (χ2v) is 6.06. The van der Waals surface area contributed by atoms with E-state index in [4.69, 9.17) is 4.74 Å². The molecule has 0 saturated heterocycles. The van der Waals surface area contributed by atoms with Crippen molar-refractivity contribution in [1.82, 2.24) is 4.90 Å². The first-order valence-electron chi connectivity index (χ1n) is 7.77. The Bertz CT molecular complexity index is 725. The van der Waals surface area contributed by atoms with Gasteiger partial charge in [0.05, 0.1) is 13.2 Å².